The lowest BCUT2D eigenvalue weighted by atomic mass is 10.1. The highest BCUT2D eigenvalue weighted by molar-refractivity contribution is 9.10. The van der Waals surface area contributed by atoms with Gasteiger partial charge in [0.1, 0.15) is 5.75 Å². The van der Waals surface area contributed by atoms with Gasteiger partial charge in [-0.15, -0.1) is 0 Å². The Kier molecular flexibility index (Phi) is 3.19. The number of ether oxygens (including phenoxy) is 1. The van der Waals surface area contributed by atoms with Crippen LogP contribution in [-0.2, 0) is 0 Å². The first-order valence-corrected chi connectivity index (χ1v) is 5.64. The van der Waals surface area contributed by atoms with Gasteiger partial charge in [-0.05, 0) is 34.1 Å². The zero-order valence-electron chi connectivity index (χ0n) is 9.07. The van der Waals surface area contributed by atoms with Gasteiger partial charge in [-0.3, -0.25) is 4.79 Å². The fraction of sp³-hybridized carbons (Fsp3) is 0.0833. The molecule has 0 fully saturated rings. The summed E-state index contributed by atoms with van der Waals surface area (Å²) >= 11 is 3.24. The summed E-state index contributed by atoms with van der Waals surface area (Å²) in [5.74, 6) is 0.418. The molecule has 2 N–H and O–H groups in total. The molecule has 0 saturated carbocycles. The van der Waals surface area contributed by atoms with Gasteiger partial charge in [0.2, 0.25) is 5.78 Å². The van der Waals surface area contributed by atoms with Gasteiger partial charge in [0.25, 0.3) is 0 Å². The molecule has 88 valence electrons. The smallest absolute Gasteiger partial charge is 0.231 e. The number of para-hydroxylation sites is 1. The number of furan rings is 1. The standard InChI is InChI=1S/C12H10BrNO3/c1-16-9-4-2-3-7(10(9)14)11(15)12-8(13)5-6-17-12/h2-6H,14H2,1H3. The van der Waals surface area contributed by atoms with Crippen molar-refractivity contribution in [1.82, 2.24) is 0 Å². The molecule has 5 heteroatoms. The van der Waals surface area contributed by atoms with Gasteiger partial charge in [0, 0.05) is 0 Å². The van der Waals surface area contributed by atoms with Crippen LogP contribution in [0.25, 0.3) is 0 Å². The minimum Gasteiger partial charge on any atom is -0.495 e. The van der Waals surface area contributed by atoms with Crippen molar-refractivity contribution in [1.29, 1.82) is 0 Å². The molecule has 2 aromatic rings. The Bertz CT molecular complexity index is 563. The van der Waals surface area contributed by atoms with E-state index in [0.29, 0.717) is 21.5 Å². The minimum atomic E-state index is -0.279. The third-order valence-corrected chi connectivity index (χ3v) is 2.98. The summed E-state index contributed by atoms with van der Waals surface area (Å²) < 4.78 is 10.8. The fourth-order valence-corrected chi connectivity index (χ4v) is 1.88. The monoisotopic (exact) mass is 295 g/mol. The van der Waals surface area contributed by atoms with E-state index >= 15 is 0 Å². The van der Waals surface area contributed by atoms with Crippen LogP contribution in [0.3, 0.4) is 0 Å². The minimum absolute atomic E-state index is 0.227. The molecule has 0 atom stereocenters. The molecule has 17 heavy (non-hydrogen) atoms. The van der Waals surface area contributed by atoms with E-state index in [4.69, 9.17) is 14.9 Å². The molecule has 0 aliphatic rings. The van der Waals surface area contributed by atoms with E-state index in [9.17, 15) is 4.79 Å². The number of carbonyl (C=O) groups excluding carboxylic acids is 1. The summed E-state index contributed by atoms with van der Waals surface area (Å²) in [6.07, 6.45) is 1.44. The largest absolute Gasteiger partial charge is 0.495 e. The highest BCUT2D eigenvalue weighted by Crippen LogP contribution is 2.29. The van der Waals surface area contributed by atoms with E-state index in [1.54, 1.807) is 24.3 Å². The number of benzene rings is 1. The Morgan fingerprint density at radius 3 is 2.76 bits per heavy atom. The number of nitrogens with two attached hydrogens (primary N) is 1. The number of methoxy groups -OCH3 is 1. The van der Waals surface area contributed by atoms with Crippen molar-refractivity contribution in [3.05, 3.63) is 46.3 Å². The van der Waals surface area contributed by atoms with E-state index in [2.05, 4.69) is 15.9 Å². The predicted octanol–water partition coefficient (Wildman–Crippen LogP) is 2.86. The summed E-state index contributed by atoms with van der Waals surface area (Å²) in [4.78, 5) is 12.2. The Balaban J connectivity index is 2.48. The molecule has 0 spiro atoms. The highest BCUT2D eigenvalue weighted by Gasteiger charge is 2.19. The molecule has 0 unspecified atom stereocenters. The van der Waals surface area contributed by atoms with Crippen LogP contribution < -0.4 is 10.5 Å². The van der Waals surface area contributed by atoms with Crippen LogP contribution >= 0.6 is 15.9 Å². The van der Waals surface area contributed by atoms with E-state index in [1.807, 2.05) is 0 Å². The maximum atomic E-state index is 12.2. The number of anilines is 1. The van der Waals surface area contributed by atoms with Crippen LogP contribution in [0, 0.1) is 0 Å². The number of ketones is 1. The third-order valence-electron chi connectivity index (χ3n) is 2.35. The number of rotatable bonds is 3. The van der Waals surface area contributed by atoms with Gasteiger partial charge in [0.15, 0.2) is 5.76 Å². The van der Waals surface area contributed by atoms with Crippen LogP contribution in [0.1, 0.15) is 16.1 Å². The summed E-state index contributed by atoms with van der Waals surface area (Å²) in [5.41, 5.74) is 6.52. The zero-order valence-corrected chi connectivity index (χ0v) is 10.7. The van der Waals surface area contributed by atoms with Gasteiger partial charge in [-0.1, -0.05) is 6.07 Å². The van der Waals surface area contributed by atoms with Crippen molar-refractivity contribution in [3.8, 4) is 5.75 Å². The number of hydrogen-bond acceptors (Lipinski definition) is 4. The maximum Gasteiger partial charge on any atom is 0.231 e. The van der Waals surface area contributed by atoms with Gasteiger partial charge in [-0.25, -0.2) is 0 Å². The molecular formula is C12H10BrNO3. The van der Waals surface area contributed by atoms with E-state index in [0.717, 1.165) is 0 Å². The normalized spacial score (nSPS) is 10.2. The number of halogens is 1. The first-order valence-electron chi connectivity index (χ1n) is 4.85. The molecule has 0 aliphatic carbocycles. The summed E-state index contributed by atoms with van der Waals surface area (Å²) in [5, 5.41) is 0. The second kappa shape index (κ2) is 4.63. The molecule has 0 radical (unpaired) electrons. The summed E-state index contributed by atoms with van der Waals surface area (Å²) in [6.45, 7) is 0. The second-order valence-electron chi connectivity index (χ2n) is 3.35. The molecule has 1 heterocycles. The first kappa shape index (κ1) is 11.7. The van der Waals surface area contributed by atoms with Crippen molar-refractivity contribution in [2.24, 2.45) is 0 Å². The van der Waals surface area contributed by atoms with Crippen molar-refractivity contribution in [2.75, 3.05) is 12.8 Å². The number of hydrogen-bond donors (Lipinski definition) is 1. The Morgan fingerprint density at radius 1 is 1.41 bits per heavy atom. The zero-order chi connectivity index (χ0) is 12.4. The lowest BCUT2D eigenvalue weighted by Crippen LogP contribution is -2.06. The topological polar surface area (TPSA) is 65.5 Å². The quantitative estimate of drug-likeness (QED) is 0.698. The Hall–Kier alpha value is -1.75. The summed E-state index contributed by atoms with van der Waals surface area (Å²) in [6, 6.07) is 6.70. The molecule has 0 bridgehead atoms. The average Bonchev–Trinajstić information content (AvgIpc) is 2.75. The lowest BCUT2D eigenvalue weighted by Gasteiger charge is -2.08. The fourth-order valence-electron chi connectivity index (χ4n) is 1.50. The van der Waals surface area contributed by atoms with Crippen molar-refractivity contribution >= 4 is 27.4 Å². The van der Waals surface area contributed by atoms with E-state index < -0.39 is 0 Å². The molecule has 4 nitrogen and oxygen atoms in total. The molecule has 0 saturated heterocycles. The van der Waals surface area contributed by atoms with Crippen LogP contribution in [-0.4, -0.2) is 12.9 Å². The molecular weight excluding hydrogens is 286 g/mol. The second-order valence-corrected chi connectivity index (χ2v) is 4.20. The molecule has 0 amide bonds. The average molecular weight is 296 g/mol. The number of carbonyl (C=O) groups is 1. The van der Waals surface area contributed by atoms with E-state index in [-0.39, 0.29) is 11.5 Å². The summed E-state index contributed by atoms with van der Waals surface area (Å²) in [7, 11) is 1.50. The van der Waals surface area contributed by atoms with Crippen LogP contribution in [0.15, 0.2) is 39.4 Å². The maximum absolute atomic E-state index is 12.2. The van der Waals surface area contributed by atoms with Crippen LogP contribution in [0.5, 0.6) is 5.75 Å². The molecule has 0 aliphatic heterocycles. The van der Waals surface area contributed by atoms with Gasteiger partial charge in [-0.2, -0.15) is 0 Å². The first-order chi connectivity index (χ1) is 8.15. The number of nitrogen functional groups attached to an aromatic ring is 1. The van der Waals surface area contributed by atoms with Crippen molar-refractivity contribution in [2.45, 2.75) is 0 Å². The van der Waals surface area contributed by atoms with E-state index in [1.165, 1.54) is 13.4 Å². The SMILES string of the molecule is COc1cccc(C(=O)c2occc2Br)c1N. The lowest BCUT2D eigenvalue weighted by molar-refractivity contribution is 0.101. The van der Waals surface area contributed by atoms with Crippen molar-refractivity contribution < 1.29 is 13.9 Å². The Labute approximate surface area is 106 Å². The molecule has 1 aromatic carbocycles. The van der Waals surface area contributed by atoms with Crippen molar-refractivity contribution in [3.63, 3.8) is 0 Å². The van der Waals surface area contributed by atoms with Gasteiger partial charge >= 0.3 is 0 Å². The Morgan fingerprint density at radius 2 is 2.18 bits per heavy atom. The third kappa shape index (κ3) is 2.06. The van der Waals surface area contributed by atoms with Gasteiger partial charge < -0.3 is 14.9 Å². The highest BCUT2D eigenvalue weighted by atomic mass is 79.9. The van der Waals surface area contributed by atoms with Crippen LogP contribution in [0.4, 0.5) is 5.69 Å². The predicted molar refractivity (Wildman–Crippen MR) is 67.2 cm³/mol. The molecule has 1 aromatic heterocycles. The van der Waals surface area contributed by atoms with Crippen LogP contribution in [0.2, 0.25) is 0 Å². The molecule has 2 rings (SSSR count). The van der Waals surface area contributed by atoms with Gasteiger partial charge in [0.05, 0.1) is 29.1 Å².